The lowest BCUT2D eigenvalue weighted by Crippen LogP contribution is -2.36. The zero-order chi connectivity index (χ0) is 12.5. The van der Waals surface area contributed by atoms with E-state index in [0.717, 1.165) is 23.1 Å². The maximum absolute atomic E-state index is 4.25. The molecule has 0 amide bonds. The van der Waals surface area contributed by atoms with Gasteiger partial charge in [-0.3, -0.25) is 14.8 Å². The molecule has 2 aliphatic rings. The van der Waals surface area contributed by atoms with Gasteiger partial charge < -0.3 is 0 Å². The molecule has 2 bridgehead atoms. The maximum atomic E-state index is 4.25. The van der Waals surface area contributed by atoms with Gasteiger partial charge in [-0.05, 0) is 53.9 Å². The van der Waals surface area contributed by atoms with Crippen LogP contribution in [0.2, 0.25) is 0 Å². The summed E-state index contributed by atoms with van der Waals surface area (Å²) in [6, 6.07) is 3.76. The van der Waals surface area contributed by atoms with E-state index in [-0.39, 0.29) is 0 Å². The monoisotopic (exact) mass is 309 g/mol. The van der Waals surface area contributed by atoms with Crippen LogP contribution >= 0.6 is 15.9 Å². The number of nitrogens with zero attached hydrogens (tertiary/aromatic N) is 3. The first kappa shape index (κ1) is 12.6. The van der Waals surface area contributed by atoms with Crippen molar-refractivity contribution in [2.24, 2.45) is 0 Å². The minimum absolute atomic E-state index is 0.762. The minimum Gasteiger partial charge on any atom is -0.299 e. The van der Waals surface area contributed by atoms with Crippen LogP contribution in [-0.4, -0.2) is 47.0 Å². The fraction of sp³-hybridized carbons (Fsp3) is 0.643. The highest BCUT2D eigenvalue weighted by Gasteiger charge is 2.34. The third-order valence-corrected chi connectivity index (χ3v) is 4.83. The van der Waals surface area contributed by atoms with Crippen molar-refractivity contribution >= 4 is 15.9 Å². The van der Waals surface area contributed by atoms with Crippen LogP contribution < -0.4 is 0 Å². The van der Waals surface area contributed by atoms with Crippen molar-refractivity contribution in [2.45, 2.75) is 37.9 Å². The van der Waals surface area contributed by atoms with E-state index in [1.165, 1.54) is 37.9 Å². The second kappa shape index (κ2) is 5.27. The third kappa shape index (κ3) is 2.60. The van der Waals surface area contributed by atoms with Crippen molar-refractivity contribution in [1.29, 1.82) is 0 Å². The Kier molecular flexibility index (Phi) is 3.68. The topological polar surface area (TPSA) is 19.4 Å². The molecule has 4 heteroatoms. The number of rotatable bonds is 2. The Hall–Kier alpha value is -0.450. The number of likely N-dealkylation sites (N-methyl/N-ethyl adjacent to an activating group) is 1. The number of aromatic nitrogens is 1. The van der Waals surface area contributed by atoms with Gasteiger partial charge in [0.25, 0.3) is 0 Å². The summed E-state index contributed by atoms with van der Waals surface area (Å²) in [6.07, 6.45) is 7.91. The minimum atomic E-state index is 0.762. The Morgan fingerprint density at radius 2 is 2.11 bits per heavy atom. The number of hydrogen-bond donors (Lipinski definition) is 0. The maximum Gasteiger partial charge on any atom is 0.0410 e. The Labute approximate surface area is 117 Å². The van der Waals surface area contributed by atoms with Crippen LogP contribution in [-0.2, 0) is 6.54 Å². The molecule has 1 aromatic rings. The van der Waals surface area contributed by atoms with E-state index in [9.17, 15) is 0 Å². The molecule has 2 fully saturated rings. The Morgan fingerprint density at radius 3 is 2.94 bits per heavy atom. The van der Waals surface area contributed by atoms with Gasteiger partial charge in [-0.15, -0.1) is 0 Å². The van der Waals surface area contributed by atoms with Crippen LogP contribution in [0.25, 0.3) is 0 Å². The average Bonchev–Trinajstić information content (AvgIpc) is 2.58. The van der Waals surface area contributed by atoms with Gasteiger partial charge in [-0.2, -0.15) is 0 Å². The average molecular weight is 310 g/mol. The first-order valence-electron chi connectivity index (χ1n) is 6.76. The summed E-state index contributed by atoms with van der Waals surface area (Å²) in [7, 11) is 2.30. The van der Waals surface area contributed by atoms with E-state index >= 15 is 0 Å². The molecule has 0 aromatic carbocycles. The van der Waals surface area contributed by atoms with Gasteiger partial charge in [0.1, 0.15) is 0 Å². The summed E-state index contributed by atoms with van der Waals surface area (Å²) in [4.78, 5) is 9.44. The lowest BCUT2D eigenvalue weighted by atomic mass is 10.1. The van der Waals surface area contributed by atoms with Gasteiger partial charge in [0.05, 0.1) is 0 Å². The molecule has 18 heavy (non-hydrogen) atoms. The predicted molar refractivity (Wildman–Crippen MR) is 76.4 cm³/mol. The molecule has 0 N–H and O–H groups in total. The molecular weight excluding hydrogens is 290 g/mol. The number of fused-ring (bicyclic) bond motifs is 2. The Balaban J connectivity index is 1.67. The number of halogens is 1. The Morgan fingerprint density at radius 1 is 1.28 bits per heavy atom. The second-order valence-electron chi connectivity index (χ2n) is 5.59. The third-order valence-electron chi connectivity index (χ3n) is 4.40. The summed E-state index contributed by atoms with van der Waals surface area (Å²) < 4.78 is 1.08. The fourth-order valence-corrected chi connectivity index (χ4v) is 3.74. The molecule has 1 aromatic heterocycles. The number of likely N-dealkylation sites (tertiary alicyclic amines) is 1. The molecule has 2 unspecified atom stereocenters. The second-order valence-corrected chi connectivity index (χ2v) is 6.50. The highest BCUT2D eigenvalue weighted by Crippen LogP contribution is 2.29. The molecule has 0 radical (unpaired) electrons. The summed E-state index contributed by atoms with van der Waals surface area (Å²) >= 11 is 3.50. The number of pyridine rings is 1. The molecule has 2 saturated heterocycles. The van der Waals surface area contributed by atoms with Crippen molar-refractivity contribution in [3.8, 4) is 0 Å². The van der Waals surface area contributed by atoms with Crippen LogP contribution in [0.15, 0.2) is 22.9 Å². The van der Waals surface area contributed by atoms with Crippen LogP contribution in [0, 0.1) is 0 Å². The van der Waals surface area contributed by atoms with E-state index in [0.29, 0.717) is 0 Å². The quantitative estimate of drug-likeness (QED) is 0.837. The normalized spacial score (nSPS) is 29.4. The van der Waals surface area contributed by atoms with E-state index in [1.807, 2.05) is 12.4 Å². The van der Waals surface area contributed by atoms with Crippen molar-refractivity contribution in [1.82, 2.24) is 14.8 Å². The van der Waals surface area contributed by atoms with Gasteiger partial charge in [-0.1, -0.05) is 0 Å². The van der Waals surface area contributed by atoms with Crippen LogP contribution in [0.3, 0.4) is 0 Å². The molecule has 2 atom stereocenters. The number of hydrogen-bond acceptors (Lipinski definition) is 3. The molecule has 3 nitrogen and oxygen atoms in total. The van der Waals surface area contributed by atoms with E-state index in [1.54, 1.807) is 0 Å². The highest BCUT2D eigenvalue weighted by atomic mass is 79.9. The van der Waals surface area contributed by atoms with Crippen molar-refractivity contribution in [2.75, 3.05) is 20.1 Å². The summed E-state index contributed by atoms with van der Waals surface area (Å²) in [5.41, 5.74) is 1.31. The van der Waals surface area contributed by atoms with Crippen LogP contribution in [0.1, 0.15) is 24.8 Å². The molecule has 0 spiro atoms. The lowest BCUT2D eigenvalue weighted by molar-refractivity contribution is 0.214. The lowest BCUT2D eigenvalue weighted by Gasteiger charge is -2.25. The van der Waals surface area contributed by atoms with Gasteiger partial charge in [-0.25, -0.2) is 0 Å². The first-order valence-corrected chi connectivity index (χ1v) is 7.55. The van der Waals surface area contributed by atoms with Crippen LogP contribution in [0.4, 0.5) is 0 Å². The predicted octanol–water partition coefficient (Wildman–Crippen LogP) is 2.51. The fourth-order valence-electron chi connectivity index (χ4n) is 3.32. The summed E-state index contributed by atoms with van der Waals surface area (Å²) in [5.74, 6) is 0. The van der Waals surface area contributed by atoms with Gasteiger partial charge in [0, 0.05) is 48.6 Å². The van der Waals surface area contributed by atoms with Crippen LogP contribution in [0.5, 0.6) is 0 Å². The molecule has 0 aliphatic carbocycles. The van der Waals surface area contributed by atoms with Crippen molar-refractivity contribution < 1.29 is 0 Å². The van der Waals surface area contributed by atoms with E-state index in [2.05, 4.69) is 43.8 Å². The standard InChI is InChI=1S/C14H20BrN3/c1-17-13-2-3-14(17)10-18(5-4-13)9-11-6-12(15)8-16-7-11/h6-8,13-14H,2-5,9-10H2,1H3. The first-order chi connectivity index (χ1) is 8.72. The van der Waals surface area contributed by atoms with E-state index in [4.69, 9.17) is 0 Å². The summed E-state index contributed by atoms with van der Waals surface area (Å²) in [5, 5.41) is 0. The van der Waals surface area contributed by atoms with Crippen molar-refractivity contribution in [3.05, 3.63) is 28.5 Å². The van der Waals surface area contributed by atoms with Crippen molar-refractivity contribution in [3.63, 3.8) is 0 Å². The highest BCUT2D eigenvalue weighted by molar-refractivity contribution is 9.10. The summed E-state index contributed by atoms with van der Waals surface area (Å²) in [6.45, 7) is 3.46. The molecule has 0 saturated carbocycles. The zero-order valence-electron chi connectivity index (χ0n) is 10.8. The molecule has 2 aliphatic heterocycles. The molecule has 98 valence electrons. The van der Waals surface area contributed by atoms with Gasteiger partial charge >= 0.3 is 0 Å². The van der Waals surface area contributed by atoms with E-state index < -0.39 is 0 Å². The molecule has 3 heterocycles. The molecular formula is C14H20BrN3. The SMILES string of the molecule is CN1C2CCC1CN(Cc1cncc(Br)c1)CC2. The largest absolute Gasteiger partial charge is 0.299 e. The van der Waals surface area contributed by atoms with Gasteiger partial charge in [0.2, 0.25) is 0 Å². The zero-order valence-corrected chi connectivity index (χ0v) is 12.4. The Bertz CT molecular complexity index is 423. The smallest absolute Gasteiger partial charge is 0.0410 e. The van der Waals surface area contributed by atoms with Gasteiger partial charge in [0.15, 0.2) is 0 Å². The molecule has 3 rings (SSSR count).